The molecule has 136 valence electrons. The van der Waals surface area contributed by atoms with E-state index in [2.05, 4.69) is 16.0 Å². The molecule has 0 saturated carbocycles. The van der Waals surface area contributed by atoms with Crippen molar-refractivity contribution >= 4 is 17.7 Å². The molecule has 1 unspecified atom stereocenters. The number of rotatable bonds is 6. The van der Waals surface area contributed by atoms with E-state index in [0.29, 0.717) is 5.56 Å². The molecule has 1 atom stereocenters. The van der Waals surface area contributed by atoms with E-state index < -0.39 is 35.4 Å². The number of amides is 3. The quantitative estimate of drug-likeness (QED) is 0.725. The van der Waals surface area contributed by atoms with Crippen molar-refractivity contribution in [2.75, 3.05) is 13.6 Å². The second-order valence-corrected chi connectivity index (χ2v) is 5.34. The summed E-state index contributed by atoms with van der Waals surface area (Å²) in [5.41, 5.74) is 0.453. The Kier molecular flexibility index (Phi) is 6.37. The third-order valence-corrected chi connectivity index (χ3v) is 3.54. The fraction of sp³-hybridized carbons (Fsp3) is 0.167. The maximum atomic E-state index is 13.4. The van der Waals surface area contributed by atoms with Gasteiger partial charge in [-0.25, -0.2) is 8.78 Å². The normalized spacial score (nSPS) is 11.3. The van der Waals surface area contributed by atoms with Gasteiger partial charge in [0.1, 0.15) is 6.04 Å². The van der Waals surface area contributed by atoms with Crippen LogP contribution >= 0.6 is 0 Å². The van der Waals surface area contributed by atoms with Crippen LogP contribution in [0.15, 0.2) is 48.5 Å². The van der Waals surface area contributed by atoms with Gasteiger partial charge in [-0.15, -0.1) is 0 Å². The summed E-state index contributed by atoms with van der Waals surface area (Å²) in [6, 6.07) is 9.95. The van der Waals surface area contributed by atoms with Gasteiger partial charge in [0.15, 0.2) is 11.6 Å². The van der Waals surface area contributed by atoms with Crippen molar-refractivity contribution in [2.45, 2.75) is 6.04 Å². The number of nitrogens with one attached hydrogen (secondary N) is 3. The van der Waals surface area contributed by atoms with Crippen molar-refractivity contribution in [2.24, 2.45) is 0 Å². The number of likely N-dealkylation sites (N-methyl/N-ethyl adjacent to an activating group) is 1. The first-order valence-electron chi connectivity index (χ1n) is 7.71. The van der Waals surface area contributed by atoms with E-state index in [9.17, 15) is 23.2 Å². The highest BCUT2D eigenvalue weighted by molar-refractivity contribution is 5.97. The number of carbonyl (C=O) groups is 3. The minimum Gasteiger partial charge on any atom is -0.357 e. The molecule has 0 aliphatic rings. The zero-order valence-electron chi connectivity index (χ0n) is 13.9. The molecule has 0 aliphatic carbocycles. The highest BCUT2D eigenvalue weighted by Crippen LogP contribution is 2.16. The van der Waals surface area contributed by atoms with E-state index in [1.165, 1.54) is 13.1 Å². The molecule has 26 heavy (non-hydrogen) atoms. The van der Waals surface area contributed by atoms with Crippen molar-refractivity contribution in [3.8, 4) is 0 Å². The van der Waals surface area contributed by atoms with Gasteiger partial charge in [0.05, 0.1) is 6.54 Å². The highest BCUT2D eigenvalue weighted by Gasteiger charge is 2.23. The van der Waals surface area contributed by atoms with Crippen LogP contribution in [0.4, 0.5) is 8.78 Å². The molecule has 0 fully saturated rings. The molecule has 0 aromatic heterocycles. The molecule has 0 aliphatic heterocycles. The van der Waals surface area contributed by atoms with Gasteiger partial charge in [0, 0.05) is 12.6 Å². The predicted molar refractivity (Wildman–Crippen MR) is 90.1 cm³/mol. The lowest BCUT2D eigenvalue weighted by Gasteiger charge is -2.18. The molecule has 0 spiro atoms. The van der Waals surface area contributed by atoms with Crippen LogP contribution in [-0.2, 0) is 9.59 Å². The summed E-state index contributed by atoms with van der Waals surface area (Å²) in [6.07, 6.45) is 0. The van der Waals surface area contributed by atoms with Crippen molar-refractivity contribution in [1.82, 2.24) is 16.0 Å². The Hall–Kier alpha value is -3.29. The Morgan fingerprint density at radius 3 is 2.31 bits per heavy atom. The van der Waals surface area contributed by atoms with Crippen LogP contribution in [0.25, 0.3) is 0 Å². The summed E-state index contributed by atoms with van der Waals surface area (Å²) in [7, 11) is 1.35. The van der Waals surface area contributed by atoms with Crippen LogP contribution in [0.3, 0.4) is 0 Å². The first-order chi connectivity index (χ1) is 12.4. The first-order valence-corrected chi connectivity index (χ1v) is 7.71. The van der Waals surface area contributed by atoms with E-state index in [0.717, 1.165) is 12.1 Å². The van der Waals surface area contributed by atoms with Crippen LogP contribution in [0, 0.1) is 11.6 Å². The summed E-state index contributed by atoms with van der Waals surface area (Å²) in [4.78, 5) is 36.0. The molecule has 2 aromatic rings. The van der Waals surface area contributed by atoms with Crippen molar-refractivity contribution in [3.05, 3.63) is 71.3 Å². The molecule has 2 aromatic carbocycles. The zero-order valence-corrected chi connectivity index (χ0v) is 13.9. The van der Waals surface area contributed by atoms with Crippen LogP contribution in [0.5, 0.6) is 0 Å². The van der Waals surface area contributed by atoms with E-state index in [4.69, 9.17) is 0 Å². The standard InChI is InChI=1S/C18H17F2N3O3/c1-21-18(26)16(12-7-8-13(19)14(20)9-12)23-15(24)10-22-17(25)11-5-3-2-4-6-11/h2-9,16H,10H2,1H3,(H,21,26)(H,22,25)(H,23,24). The van der Waals surface area contributed by atoms with Gasteiger partial charge in [-0.3, -0.25) is 14.4 Å². The number of halogens is 2. The summed E-state index contributed by atoms with van der Waals surface area (Å²) >= 11 is 0. The molecular weight excluding hydrogens is 344 g/mol. The van der Waals surface area contributed by atoms with E-state index in [-0.39, 0.29) is 12.1 Å². The lowest BCUT2D eigenvalue weighted by atomic mass is 10.1. The molecule has 8 heteroatoms. The Balaban J connectivity index is 2.03. The van der Waals surface area contributed by atoms with Crippen molar-refractivity contribution < 1.29 is 23.2 Å². The van der Waals surface area contributed by atoms with Crippen molar-refractivity contribution in [1.29, 1.82) is 0 Å². The molecule has 3 N–H and O–H groups in total. The van der Waals surface area contributed by atoms with Crippen LogP contribution < -0.4 is 16.0 Å². The Morgan fingerprint density at radius 2 is 1.69 bits per heavy atom. The molecule has 6 nitrogen and oxygen atoms in total. The number of hydrogen-bond acceptors (Lipinski definition) is 3. The average molecular weight is 361 g/mol. The summed E-state index contributed by atoms with van der Waals surface area (Å²) in [5, 5.41) is 7.14. The fourth-order valence-corrected chi connectivity index (χ4v) is 2.20. The van der Waals surface area contributed by atoms with E-state index in [1.807, 2.05) is 0 Å². The van der Waals surface area contributed by atoms with E-state index >= 15 is 0 Å². The maximum absolute atomic E-state index is 13.4. The van der Waals surface area contributed by atoms with E-state index in [1.54, 1.807) is 30.3 Å². The molecular formula is C18H17F2N3O3. The smallest absolute Gasteiger partial charge is 0.251 e. The molecule has 0 heterocycles. The zero-order chi connectivity index (χ0) is 19.1. The van der Waals surface area contributed by atoms with Crippen LogP contribution in [0.2, 0.25) is 0 Å². The first kappa shape index (κ1) is 19.0. The molecule has 0 bridgehead atoms. The second-order valence-electron chi connectivity index (χ2n) is 5.34. The molecule has 2 rings (SSSR count). The van der Waals surface area contributed by atoms with Crippen LogP contribution in [-0.4, -0.2) is 31.3 Å². The maximum Gasteiger partial charge on any atom is 0.251 e. The second kappa shape index (κ2) is 8.70. The minimum atomic E-state index is -1.23. The summed E-state index contributed by atoms with van der Waals surface area (Å²) in [6.45, 7) is -0.384. The average Bonchev–Trinajstić information content (AvgIpc) is 2.66. The lowest BCUT2D eigenvalue weighted by molar-refractivity contribution is -0.128. The van der Waals surface area contributed by atoms with Gasteiger partial charge in [-0.1, -0.05) is 24.3 Å². The monoisotopic (exact) mass is 361 g/mol. The Labute approximate surface area is 148 Å². The number of hydrogen-bond donors (Lipinski definition) is 3. The lowest BCUT2D eigenvalue weighted by Crippen LogP contribution is -2.43. The van der Waals surface area contributed by atoms with Crippen molar-refractivity contribution in [3.63, 3.8) is 0 Å². The number of carbonyl (C=O) groups excluding carboxylic acids is 3. The van der Waals surface area contributed by atoms with Gasteiger partial charge >= 0.3 is 0 Å². The molecule has 0 radical (unpaired) electrons. The third kappa shape index (κ3) is 4.85. The SMILES string of the molecule is CNC(=O)C(NC(=O)CNC(=O)c1ccccc1)c1ccc(F)c(F)c1. The topological polar surface area (TPSA) is 87.3 Å². The van der Waals surface area contributed by atoms with Gasteiger partial charge in [-0.05, 0) is 29.8 Å². The summed E-state index contributed by atoms with van der Waals surface area (Å²) < 4.78 is 26.5. The predicted octanol–water partition coefficient (Wildman–Crippen LogP) is 1.30. The minimum absolute atomic E-state index is 0.0750. The van der Waals surface area contributed by atoms with Gasteiger partial charge in [0.25, 0.3) is 5.91 Å². The fourth-order valence-electron chi connectivity index (χ4n) is 2.20. The molecule has 3 amide bonds. The number of benzene rings is 2. The Bertz CT molecular complexity index is 813. The van der Waals surface area contributed by atoms with Gasteiger partial charge < -0.3 is 16.0 Å². The Morgan fingerprint density at radius 1 is 1.00 bits per heavy atom. The summed E-state index contributed by atoms with van der Waals surface area (Å²) in [5.74, 6) is -3.93. The largest absolute Gasteiger partial charge is 0.357 e. The third-order valence-electron chi connectivity index (χ3n) is 3.54. The van der Waals surface area contributed by atoms with Gasteiger partial charge in [0.2, 0.25) is 11.8 Å². The van der Waals surface area contributed by atoms with Crippen LogP contribution in [0.1, 0.15) is 22.0 Å². The molecule has 0 saturated heterocycles. The highest BCUT2D eigenvalue weighted by atomic mass is 19.2. The van der Waals surface area contributed by atoms with Gasteiger partial charge in [-0.2, -0.15) is 0 Å².